The lowest BCUT2D eigenvalue weighted by molar-refractivity contribution is -0.108. The van der Waals surface area contributed by atoms with Crippen molar-refractivity contribution in [1.29, 1.82) is 0 Å². The molecule has 1 rings (SSSR count). The Morgan fingerprint density at radius 2 is 1.91 bits per heavy atom. The van der Waals surface area contributed by atoms with Gasteiger partial charge in [0.15, 0.2) is 0 Å². The van der Waals surface area contributed by atoms with Gasteiger partial charge in [-0.2, -0.15) is 0 Å². The highest BCUT2D eigenvalue weighted by Gasteiger charge is 2.00. The number of nitrogens with two attached hydrogens (primary N) is 1. The molecule has 1 aromatic carbocycles. The fourth-order valence-electron chi connectivity index (χ4n) is 0.826. The summed E-state index contributed by atoms with van der Waals surface area (Å²) >= 11 is 0. The van der Waals surface area contributed by atoms with Crippen LogP contribution in [0.4, 0.5) is 0 Å². The number of carbonyl (C=O) groups is 1. The normalized spacial score (nSPS) is 12.5. The SMILES string of the molecule is N[C@@H]([CH]c1ccccc1)C=O. The second-order valence-corrected chi connectivity index (χ2v) is 2.29. The highest BCUT2D eigenvalue weighted by atomic mass is 16.1. The van der Waals surface area contributed by atoms with E-state index < -0.39 is 6.04 Å². The van der Waals surface area contributed by atoms with E-state index >= 15 is 0 Å². The van der Waals surface area contributed by atoms with Gasteiger partial charge in [0, 0.05) is 6.42 Å². The van der Waals surface area contributed by atoms with Gasteiger partial charge in [0.1, 0.15) is 6.29 Å². The van der Waals surface area contributed by atoms with Crippen LogP contribution in [-0.4, -0.2) is 12.3 Å². The quantitative estimate of drug-likeness (QED) is 0.643. The summed E-state index contributed by atoms with van der Waals surface area (Å²) in [4.78, 5) is 10.2. The Morgan fingerprint density at radius 3 is 2.45 bits per heavy atom. The maximum Gasteiger partial charge on any atom is 0.137 e. The summed E-state index contributed by atoms with van der Waals surface area (Å²) in [5, 5.41) is 0. The summed E-state index contributed by atoms with van der Waals surface area (Å²) in [5.41, 5.74) is 6.36. The first-order valence-corrected chi connectivity index (χ1v) is 3.44. The second-order valence-electron chi connectivity index (χ2n) is 2.29. The third-order valence-electron chi connectivity index (χ3n) is 1.34. The molecule has 0 unspecified atom stereocenters. The Hall–Kier alpha value is -1.15. The van der Waals surface area contributed by atoms with Crippen LogP contribution in [0.2, 0.25) is 0 Å². The van der Waals surface area contributed by atoms with Gasteiger partial charge in [-0.15, -0.1) is 0 Å². The molecule has 0 fully saturated rings. The van der Waals surface area contributed by atoms with Crippen molar-refractivity contribution in [3.8, 4) is 0 Å². The minimum absolute atomic E-state index is 0.489. The molecule has 0 aliphatic heterocycles. The molecule has 0 amide bonds. The summed E-state index contributed by atoms with van der Waals surface area (Å²) in [6, 6.07) is 9.06. The van der Waals surface area contributed by atoms with Crippen LogP contribution in [0.5, 0.6) is 0 Å². The highest BCUT2D eigenvalue weighted by Crippen LogP contribution is 2.02. The number of hydrogen-bond donors (Lipinski definition) is 1. The van der Waals surface area contributed by atoms with Crippen molar-refractivity contribution < 1.29 is 4.79 Å². The van der Waals surface area contributed by atoms with E-state index in [0.29, 0.717) is 6.29 Å². The topological polar surface area (TPSA) is 43.1 Å². The predicted molar refractivity (Wildman–Crippen MR) is 43.9 cm³/mol. The molecule has 0 saturated carbocycles. The van der Waals surface area contributed by atoms with Gasteiger partial charge in [0.05, 0.1) is 6.04 Å². The van der Waals surface area contributed by atoms with Crippen molar-refractivity contribution in [2.24, 2.45) is 5.73 Å². The predicted octanol–water partition coefficient (Wildman–Crippen LogP) is 0.765. The third-order valence-corrected chi connectivity index (χ3v) is 1.34. The Kier molecular flexibility index (Phi) is 2.81. The Morgan fingerprint density at radius 1 is 1.27 bits per heavy atom. The van der Waals surface area contributed by atoms with Crippen LogP contribution in [-0.2, 0) is 4.79 Å². The van der Waals surface area contributed by atoms with E-state index in [1.165, 1.54) is 0 Å². The average molecular weight is 148 g/mol. The van der Waals surface area contributed by atoms with Crippen LogP contribution in [0, 0.1) is 6.42 Å². The van der Waals surface area contributed by atoms with Gasteiger partial charge in [-0.25, -0.2) is 0 Å². The summed E-state index contributed by atoms with van der Waals surface area (Å²) in [5.74, 6) is 0. The zero-order valence-electron chi connectivity index (χ0n) is 6.10. The minimum atomic E-state index is -0.489. The van der Waals surface area contributed by atoms with Crippen LogP contribution < -0.4 is 5.73 Å². The van der Waals surface area contributed by atoms with Gasteiger partial charge in [0.25, 0.3) is 0 Å². The molecule has 1 aromatic rings. The Balaban J connectivity index is 2.57. The number of aldehydes is 1. The molecule has 0 aliphatic carbocycles. The van der Waals surface area contributed by atoms with Gasteiger partial charge in [0.2, 0.25) is 0 Å². The average Bonchev–Trinajstić information content (AvgIpc) is 2.06. The summed E-state index contributed by atoms with van der Waals surface area (Å²) in [6.07, 6.45) is 2.43. The first-order valence-electron chi connectivity index (χ1n) is 3.44. The number of carbonyl (C=O) groups excluding carboxylic acids is 1. The van der Waals surface area contributed by atoms with Crippen LogP contribution in [0.1, 0.15) is 5.56 Å². The number of benzene rings is 1. The zero-order valence-corrected chi connectivity index (χ0v) is 6.10. The molecule has 0 heterocycles. The summed E-state index contributed by atoms with van der Waals surface area (Å²) < 4.78 is 0. The van der Waals surface area contributed by atoms with E-state index in [1.807, 2.05) is 30.3 Å². The molecule has 0 saturated heterocycles. The van der Waals surface area contributed by atoms with Gasteiger partial charge >= 0.3 is 0 Å². The molecular formula is C9H10NO. The summed E-state index contributed by atoms with van der Waals surface area (Å²) in [6.45, 7) is 0. The molecule has 2 heteroatoms. The molecule has 0 bridgehead atoms. The highest BCUT2D eigenvalue weighted by molar-refractivity contribution is 5.61. The fraction of sp³-hybridized carbons (Fsp3) is 0.111. The smallest absolute Gasteiger partial charge is 0.137 e. The largest absolute Gasteiger partial charge is 0.321 e. The lowest BCUT2D eigenvalue weighted by Gasteiger charge is -2.01. The maximum atomic E-state index is 10.2. The van der Waals surface area contributed by atoms with Crippen molar-refractivity contribution in [1.82, 2.24) is 0 Å². The first kappa shape index (κ1) is 7.95. The lowest BCUT2D eigenvalue weighted by atomic mass is 10.1. The monoisotopic (exact) mass is 148 g/mol. The Bertz CT molecular complexity index is 220. The van der Waals surface area contributed by atoms with Crippen molar-refractivity contribution >= 4 is 6.29 Å². The molecule has 1 radical (unpaired) electrons. The molecule has 0 aliphatic rings. The zero-order chi connectivity index (χ0) is 8.10. The fourth-order valence-corrected chi connectivity index (χ4v) is 0.826. The molecule has 11 heavy (non-hydrogen) atoms. The van der Waals surface area contributed by atoms with E-state index in [1.54, 1.807) is 6.42 Å². The molecule has 0 spiro atoms. The molecule has 57 valence electrons. The van der Waals surface area contributed by atoms with Crippen molar-refractivity contribution in [3.63, 3.8) is 0 Å². The molecule has 1 atom stereocenters. The van der Waals surface area contributed by atoms with E-state index in [2.05, 4.69) is 0 Å². The van der Waals surface area contributed by atoms with Crippen LogP contribution in [0.25, 0.3) is 0 Å². The first-order chi connectivity index (χ1) is 5.33. The Labute approximate surface area is 66.0 Å². The minimum Gasteiger partial charge on any atom is -0.321 e. The van der Waals surface area contributed by atoms with Gasteiger partial charge < -0.3 is 10.5 Å². The van der Waals surface area contributed by atoms with E-state index in [-0.39, 0.29) is 0 Å². The van der Waals surface area contributed by atoms with Crippen molar-refractivity contribution in [2.45, 2.75) is 6.04 Å². The molecule has 2 N–H and O–H groups in total. The molecule has 2 nitrogen and oxygen atoms in total. The van der Waals surface area contributed by atoms with Crippen molar-refractivity contribution in [2.75, 3.05) is 0 Å². The van der Waals surface area contributed by atoms with E-state index in [9.17, 15) is 4.79 Å². The van der Waals surface area contributed by atoms with Gasteiger partial charge in [-0.1, -0.05) is 30.3 Å². The standard InChI is InChI=1S/C9H10NO/c10-9(7-11)6-8-4-2-1-3-5-8/h1-7,9H,10H2/t9-/m0/s1. The second kappa shape index (κ2) is 3.88. The van der Waals surface area contributed by atoms with Crippen LogP contribution >= 0.6 is 0 Å². The maximum absolute atomic E-state index is 10.2. The lowest BCUT2D eigenvalue weighted by Crippen LogP contribution is -2.22. The molecule has 0 aromatic heterocycles. The van der Waals surface area contributed by atoms with Gasteiger partial charge in [-0.05, 0) is 5.56 Å². The summed E-state index contributed by atoms with van der Waals surface area (Å²) in [7, 11) is 0. The van der Waals surface area contributed by atoms with Crippen LogP contribution in [0.15, 0.2) is 30.3 Å². The number of rotatable bonds is 3. The number of hydrogen-bond acceptors (Lipinski definition) is 2. The van der Waals surface area contributed by atoms with E-state index in [4.69, 9.17) is 5.73 Å². The van der Waals surface area contributed by atoms with E-state index in [0.717, 1.165) is 5.56 Å². The third kappa shape index (κ3) is 2.51. The van der Waals surface area contributed by atoms with Gasteiger partial charge in [-0.3, -0.25) is 0 Å². The molecular weight excluding hydrogens is 138 g/mol. The van der Waals surface area contributed by atoms with Crippen molar-refractivity contribution in [3.05, 3.63) is 42.3 Å². The van der Waals surface area contributed by atoms with Crippen LogP contribution in [0.3, 0.4) is 0 Å².